The first-order valence-electron chi connectivity index (χ1n) is 7.89. The van der Waals surface area contributed by atoms with Gasteiger partial charge in [0.1, 0.15) is 5.66 Å². The molecule has 0 saturated carbocycles. The Kier molecular flexibility index (Phi) is 5.22. The molecule has 2 unspecified atom stereocenters. The lowest BCUT2D eigenvalue weighted by Crippen LogP contribution is -2.71. The zero-order chi connectivity index (χ0) is 15.5. The van der Waals surface area contributed by atoms with Crippen LogP contribution in [0.2, 0.25) is 0 Å². The monoisotopic (exact) mass is 297 g/mol. The highest BCUT2D eigenvalue weighted by atomic mass is 16.5. The molecule has 0 aromatic heterocycles. The van der Waals surface area contributed by atoms with E-state index in [1.165, 1.54) is 0 Å². The predicted molar refractivity (Wildman–Crippen MR) is 79.6 cm³/mol. The van der Waals surface area contributed by atoms with Crippen LogP contribution in [0.5, 0.6) is 0 Å². The van der Waals surface area contributed by atoms with Crippen molar-refractivity contribution in [2.45, 2.75) is 58.2 Å². The predicted octanol–water partition coefficient (Wildman–Crippen LogP) is 1.36. The third-order valence-electron chi connectivity index (χ3n) is 4.55. The van der Waals surface area contributed by atoms with Crippen LogP contribution >= 0.6 is 0 Å². The highest BCUT2D eigenvalue weighted by Crippen LogP contribution is 2.25. The van der Waals surface area contributed by atoms with Gasteiger partial charge in [-0.3, -0.25) is 15.4 Å². The van der Waals surface area contributed by atoms with E-state index < -0.39 is 11.7 Å². The third-order valence-corrected chi connectivity index (χ3v) is 4.55. The van der Waals surface area contributed by atoms with Gasteiger partial charge < -0.3 is 10.1 Å². The molecule has 3 amide bonds. The van der Waals surface area contributed by atoms with Crippen molar-refractivity contribution < 1.29 is 14.3 Å². The van der Waals surface area contributed by atoms with Crippen molar-refractivity contribution in [2.75, 3.05) is 13.2 Å². The molecule has 0 aromatic rings. The quantitative estimate of drug-likeness (QED) is 0.716. The van der Waals surface area contributed by atoms with Crippen molar-refractivity contribution in [1.82, 2.24) is 16.0 Å². The van der Waals surface area contributed by atoms with Gasteiger partial charge in [0.05, 0.1) is 6.42 Å². The van der Waals surface area contributed by atoms with Crippen LogP contribution in [0.3, 0.4) is 0 Å². The number of hydrogen-bond acceptors (Lipinski definition) is 4. The zero-order valence-corrected chi connectivity index (χ0v) is 13.2. The summed E-state index contributed by atoms with van der Waals surface area (Å²) >= 11 is 0. The SMILES string of the molecule is CC(CC1CCOCC1)NC1(C(C)C)CC(=O)NC(=O)N1. The van der Waals surface area contributed by atoms with Crippen molar-refractivity contribution in [2.24, 2.45) is 11.8 Å². The van der Waals surface area contributed by atoms with Gasteiger partial charge >= 0.3 is 6.03 Å². The smallest absolute Gasteiger partial charge is 0.322 e. The highest BCUT2D eigenvalue weighted by Gasteiger charge is 2.42. The molecule has 120 valence electrons. The molecule has 0 bridgehead atoms. The molecule has 2 fully saturated rings. The fraction of sp³-hybridized carbons (Fsp3) is 0.867. The molecule has 3 N–H and O–H groups in total. The zero-order valence-electron chi connectivity index (χ0n) is 13.2. The van der Waals surface area contributed by atoms with Gasteiger partial charge in [-0.25, -0.2) is 4.79 Å². The standard InChI is InChI=1S/C15H27N3O3/c1-10(2)15(9-13(19)16-14(20)18-15)17-11(3)8-12-4-6-21-7-5-12/h10-12,17H,4-9H2,1-3H3,(H2,16,18,19,20). The fourth-order valence-corrected chi connectivity index (χ4v) is 3.29. The first-order chi connectivity index (χ1) is 9.91. The topological polar surface area (TPSA) is 79.5 Å². The van der Waals surface area contributed by atoms with Gasteiger partial charge in [-0.15, -0.1) is 0 Å². The molecular formula is C15H27N3O3. The molecule has 0 radical (unpaired) electrons. The molecule has 2 saturated heterocycles. The van der Waals surface area contributed by atoms with Crippen LogP contribution in [0.15, 0.2) is 0 Å². The summed E-state index contributed by atoms with van der Waals surface area (Å²) in [6, 6.07) is -0.174. The summed E-state index contributed by atoms with van der Waals surface area (Å²) in [5, 5.41) is 8.73. The van der Waals surface area contributed by atoms with Crippen molar-refractivity contribution in [1.29, 1.82) is 0 Å². The number of rotatable bonds is 5. The molecule has 2 rings (SSSR count). The molecule has 6 heteroatoms. The molecule has 2 aliphatic heterocycles. The fourth-order valence-electron chi connectivity index (χ4n) is 3.29. The number of ether oxygens (including phenoxy) is 1. The Labute approximate surface area is 126 Å². The number of carbonyl (C=O) groups is 2. The van der Waals surface area contributed by atoms with Crippen LogP contribution in [-0.2, 0) is 9.53 Å². The summed E-state index contributed by atoms with van der Waals surface area (Å²) in [4.78, 5) is 23.4. The van der Waals surface area contributed by atoms with Crippen molar-refractivity contribution >= 4 is 11.9 Å². The summed E-state index contributed by atoms with van der Waals surface area (Å²) in [5.74, 6) is 0.557. The minimum absolute atomic E-state index is 0.129. The van der Waals surface area contributed by atoms with Gasteiger partial charge in [0.2, 0.25) is 5.91 Å². The Balaban J connectivity index is 1.98. The van der Waals surface area contributed by atoms with Crippen LogP contribution in [0.25, 0.3) is 0 Å². The average molecular weight is 297 g/mol. The number of imide groups is 1. The van der Waals surface area contributed by atoms with E-state index in [4.69, 9.17) is 4.74 Å². The second kappa shape index (κ2) is 6.75. The number of amides is 3. The lowest BCUT2D eigenvalue weighted by atomic mass is 9.87. The maximum Gasteiger partial charge on any atom is 0.322 e. The molecule has 2 heterocycles. The number of carbonyl (C=O) groups excluding carboxylic acids is 2. The largest absolute Gasteiger partial charge is 0.381 e. The van der Waals surface area contributed by atoms with Crippen LogP contribution in [0.1, 0.15) is 46.5 Å². The van der Waals surface area contributed by atoms with E-state index in [9.17, 15) is 9.59 Å². The number of nitrogens with one attached hydrogen (secondary N) is 3. The van der Waals surface area contributed by atoms with Crippen LogP contribution in [-0.4, -0.2) is 36.9 Å². The highest BCUT2D eigenvalue weighted by molar-refractivity contribution is 5.97. The van der Waals surface area contributed by atoms with E-state index >= 15 is 0 Å². The van der Waals surface area contributed by atoms with Gasteiger partial charge in [0.25, 0.3) is 0 Å². The summed E-state index contributed by atoms with van der Waals surface area (Å²) < 4.78 is 5.39. The molecule has 0 aliphatic carbocycles. The van der Waals surface area contributed by atoms with E-state index in [-0.39, 0.29) is 24.3 Å². The van der Waals surface area contributed by atoms with Gasteiger partial charge in [-0.05, 0) is 38.0 Å². The molecule has 2 atom stereocenters. The lowest BCUT2D eigenvalue weighted by molar-refractivity contribution is -0.123. The Morgan fingerprint density at radius 1 is 1.29 bits per heavy atom. The Morgan fingerprint density at radius 2 is 1.95 bits per heavy atom. The third kappa shape index (κ3) is 4.17. The number of hydrogen-bond donors (Lipinski definition) is 3. The first kappa shape index (κ1) is 16.2. The van der Waals surface area contributed by atoms with E-state index in [1.54, 1.807) is 0 Å². The van der Waals surface area contributed by atoms with E-state index in [0.29, 0.717) is 5.92 Å². The van der Waals surface area contributed by atoms with Gasteiger partial charge in [0.15, 0.2) is 0 Å². The van der Waals surface area contributed by atoms with Crippen LogP contribution in [0.4, 0.5) is 4.79 Å². The molecule has 2 aliphatic rings. The lowest BCUT2D eigenvalue weighted by Gasteiger charge is -2.44. The van der Waals surface area contributed by atoms with Crippen molar-refractivity contribution in [3.63, 3.8) is 0 Å². The summed E-state index contributed by atoms with van der Waals surface area (Å²) in [6.07, 6.45) is 3.49. The maximum absolute atomic E-state index is 11.7. The Morgan fingerprint density at radius 3 is 2.52 bits per heavy atom. The molecule has 0 aromatic carbocycles. The Bertz CT molecular complexity index is 376. The first-order valence-corrected chi connectivity index (χ1v) is 7.89. The number of urea groups is 1. The Hall–Kier alpha value is -1.14. The van der Waals surface area contributed by atoms with Gasteiger partial charge in [-0.1, -0.05) is 13.8 Å². The summed E-state index contributed by atoms with van der Waals surface area (Å²) in [5.41, 5.74) is -0.649. The maximum atomic E-state index is 11.7. The molecular weight excluding hydrogens is 270 g/mol. The minimum atomic E-state index is -0.649. The summed E-state index contributed by atoms with van der Waals surface area (Å²) in [6.45, 7) is 7.84. The van der Waals surface area contributed by atoms with E-state index in [0.717, 1.165) is 32.5 Å². The van der Waals surface area contributed by atoms with Crippen LogP contribution in [0, 0.1) is 11.8 Å². The van der Waals surface area contributed by atoms with Crippen molar-refractivity contribution in [3.8, 4) is 0 Å². The average Bonchev–Trinajstić information content (AvgIpc) is 2.38. The molecule has 6 nitrogen and oxygen atoms in total. The normalized spacial score (nSPS) is 29.1. The molecule has 21 heavy (non-hydrogen) atoms. The van der Waals surface area contributed by atoms with Crippen LogP contribution < -0.4 is 16.0 Å². The minimum Gasteiger partial charge on any atom is -0.381 e. The van der Waals surface area contributed by atoms with E-state index in [2.05, 4.69) is 22.9 Å². The molecule has 0 spiro atoms. The summed E-state index contributed by atoms with van der Waals surface area (Å²) in [7, 11) is 0. The van der Waals surface area contributed by atoms with Gasteiger partial charge in [-0.2, -0.15) is 0 Å². The second-order valence-electron chi connectivity index (χ2n) is 6.64. The van der Waals surface area contributed by atoms with Crippen molar-refractivity contribution in [3.05, 3.63) is 0 Å². The van der Waals surface area contributed by atoms with Gasteiger partial charge in [0, 0.05) is 19.3 Å². The second-order valence-corrected chi connectivity index (χ2v) is 6.64. The van der Waals surface area contributed by atoms with E-state index in [1.807, 2.05) is 13.8 Å².